The Balaban J connectivity index is 3.29. The van der Waals surface area contributed by atoms with E-state index in [1.807, 2.05) is 0 Å². The molecule has 86 valence electrons. The fourth-order valence-corrected chi connectivity index (χ4v) is 1.35. The van der Waals surface area contributed by atoms with Crippen molar-refractivity contribution in [1.29, 1.82) is 0 Å². The van der Waals surface area contributed by atoms with Crippen LogP contribution in [0.2, 0.25) is 0 Å². The topological polar surface area (TPSA) is 95.5 Å². The zero-order valence-electron chi connectivity index (χ0n) is 9.02. The van der Waals surface area contributed by atoms with Crippen molar-refractivity contribution in [2.45, 2.75) is 13.8 Å². The van der Waals surface area contributed by atoms with E-state index in [4.69, 9.17) is 10.5 Å². The normalized spacial score (nSPS) is 9.88. The lowest BCUT2D eigenvalue weighted by Crippen LogP contribution is -2.10. The van der Waals surface area contributed by atoms with Gasteiger partial charge in [-0.15, -0.1) is 0 Å². The number of esters is 1. The van der Waals surface area contributed by atoms with Crippen LogP contribution >= 0.6 is 0 Å². The van der Waals surface area contributed by atoms with Crippen LogP contribution in [0.1, 0.15) is 22.8 Å². The fraction of sp³-hybridized carbons (Fsp3) is 0.300. The summed E-state index contributed by atoms with van der Waals surface area (Å²) in [7, 11) is 0. The number of aryl methyl sites for hydroxylation is 1. The van der Waals surface area contributed by atoms with Crippen molar-refractivity contribution in [3.8, 4) is 0 Å². The molecule has 0 bridgehead atoms. The summed E-state index contributed by atoms with van der Waals surface area (Å²) in [5.41, 5.74) is 5.62. The molecule has 1 aromatic carbocycles. The van der Waals surface area contributed by atoms with Crippen molar-refractivity contribution in [2.24, 2.45) is 0 Å². The van der Waals surface area contributed by atoms with Crippen LogP contribution in [0.25, 0.3) is 0 Å². The van der Waals surface area contributed by atoms with Crippen molar-refractivity contribution in [3.05, 3.63) is 33.4 Å². The molecule has 0 spiro atoms. The number of nitrogens with two attached hydrogens (primary N) is 1. The molecule has 0 heterocycles. The summed E-state index contributed by atoms with van der Waals surface area (Å²) in [4.78, 5) is 21.6. The minimum absolute atomic E-state index is 0.0270. The number of anilines is 1. The molecular weight excluding hydrogens is 212 g/mol. The average Bonchev–Trinajstić information content (AvgIpc) is 2.17. The van der Waals surface area contributed by atoms with E-state index in [1.165, 1.54) is 12.1 Å². The van der Waals surface area contributed by atoms with E-state index >= 15 is 0 Å². The molecule has 1 aromatic rings. The molecule has 0 aliphatic carbocycles. The van der Waals surface area contributed by atoms with Gasteiger partial charge in [-0.05, 0) is 19.9 Å². The molecule has 0 unspecified atom stereocenters. The standard InChI is InChI=1S/C10H12N2O4/c1-3-16-10(13)7-5-4-6(2)9(8(7)11)12(14)15/h4-5H,3,11H2,1-2H3. The first-order chi connectivity index (χ1) is 7.49. The molecule has 0 aliphatic rings. The van der Waals surface area contributed by atoms with Crippen molar-refractivity contribution < 1.29 is 14.5 Å². The highest BCUT2D eigenvalue weighted by Crippen LogP contribution is 2.29. The largest absolute Gasteiger partial charge is 0.462 e. The predicted molar refractivity (Wildman–Crippen MR) is 58.2 cm³/mol. The summed E-state index contributed by atoms with van der Waals surface area (Å²) >= 11 is 0. The van der Waals surface area contributed by atoms with E-state index in [-0.39, 0.29) is 23.5 Å². The lowest BCUT2D eigenvalue weighted by atomic mass is 10.1. The Kier molecular flexibility index (Phi) is 3.44. The van der Waals surface area contributed by atoms with E-state index in [0.717, 1.165) is 0 Å². The maximum atomic E-state index is 11.4. The van der Waals surface area contributed by atoms with Crippen LogP contribution in [0.15, 0.2) is 12.1 Å². The maximum Gasteiger partial charge on any atom is 0.340 e. The van der Waals surface area contributed by atoms with E-state index in [1.54, 1.807) is 13.8 Å². The first-order valence-electron chi connectivity index (χ1n) is 4.69. The molecule has 0 atom stereocenters. The summed E-state index contributed by atoms with van der Waals surface area (Å²) in [5.74, 6) is -0.650. The van der Waals surface area contributed by atoms with Crippen LogP contribution in [0.5, 0.6) is 0 Å². The second-order valence-corrected chi connectivity index (χ2v) is 3.17. The molecule has 6 nitrogen and oxygen atoms in total. The highest BCUT2D eigenvalue weighted by molar-refractivity contribution is 5.97. The third-order valence-electron chi connectivity index (χ3n) is 2.10. The van der Waals surface area contributed by atoms with Gasteiger partial charge in [0.2, 0.25) is 0 Å². The molecule has 0 saturated carbocycles. The lowest BCUT2D eigenvalue weighted by molar-refractivity contribution is -0.384. The third kappa shape index (κ3) is 2.10. The molecule has 16 heavy (non-hydrogen) atoms. The van der Waals surface area contributed by atoms with Crippen molar-refractivity contribution in [2.75, 3.05) is 12.3 Å². The summed E-state index contributed by atoms with van der Waals surface area (Å²) in [6.45, 7) is 3.40. The molecule has 0 fully saturated rings. The number of hydrogen-bond acceptors (Lipinski definition) is 5. The van der Waals surface area contributed by atoms with Gasteiger partial charge in [-0.1, -0.05) is 6.07 Å². The van der Waals surface area contributed by atoms with Crippen LogP contribution in [0, 0.1) is 17.0 Å². The Hall–Kier alpha value is -2.11. The molecular formula is C10H12N2O4. The SMILES string of the molecule is CCOC(=O)c1ccc(C)c([N+](=O)[O-])c1N. The smallest absolute Gasteiger partial charge is 0.340 e. The van der Waals surface area contributed by atoms with Crippen LogP contribution in [0.3, 0.4) is 0 Å². The molecule has 0 radical (unpaired) electrons. The second-order valence-electron chi connectivity index (χ2n) is 3.17. The first-order valence-corrected chi connectivity index (χ1v) is 4.69. The number of nitro groups is 1. The summed E-state index contributed by atoms with van der Waals surface area (Å²) in [6, 6.07) is 2.90. The van der Waals surface area contributed by atoms with E-state index in [2.05, 4.69) is 0 Å². The Morgan fingerprint density at radius 2 is 2.19 bits per heavy atom. The minimum atomic E-state index is -0.650. The second kappa shape index (κ2) is 4.61. The van der Waals surface area contributed by atoms with E-state index < -0.39 is 10.9 Å². The Morgan fingerprint density at radius 1 is 1.56 bits per heavy atom. The monoisotopic (exact) mass is 224 g/mol. The molecule has 0 aromatic heterocycles. The number of hydrogen-bond donors (Lipinski definition) is 1. The highest BCUT2D eigenvalue weighted by Gasteiger charge is 2.22. The van der Waals surface area contributed by atoms with Crippen LogP contribution in [-0.2, 0) is 4.74 Å². The highest BCUT2D eigenvalue weighted by atomic mass is 16.6. The summed E-state index contributed by atoms with van der Waals surface area (Å²) in [5, 5.41) is 10.7. The average molecular weight is 224 g/mol. The minimum Gasteiger partial charge on any atom is -0.462 e. The van der Waals surface area contributed by atoms with Crippen molar-refractivity contribution in [3.63, 3.8) is 0 Å². The van der Waals surface area contributed by atoms with Gasteiger partial charge in [0.05, 0.1) is 17.1 Å². The van der Waals surface area contributed by atoms with Crippen LogP contribution < -0.4 is 5.73 Å². The number of nitrogen functional groups attached to an aromatic ring is 1. The number of nitro benzene ring substituents is 1. The molecule has 2 N–H and O–H groups in total. The number of rotatable bonds is 3. The van der Waals surface area contributed by atoms with Gasteiger partial charge in [0.15, 0.2) is 0 Å². The van der Waals surface area contributed by atoms with Gasteiger partial charge in [0, 0.05) is 5.56 Å². The van der Waals surface area contributed by atoms with Gasteiger partial charge in [-0.3, -0.25) is 10.1 Å². The number of benzene rings is 1. The zero-order chi connectivity index (χ0) is 12.3. The Bertz CT molecular complexity index is 443. The van der Waals surface area contributed by atoms with Crippen molar-refractivity contribution >= 4 is 17.3 Å². The zero-order valence-corrected chi connectivity index (χ0v) is 9.02. The van der Waals surface area contributed by atoms with Gasteiger partial charge < -0.3 is 10.5 Å². The Labute approximate surface area is 92.2 Å². The maximum absolute atomic E-state index is 11.4. The van der Waals surface area contributed by atoms with Gasteiger partial charge in [-0.25, -0.2) is 4.79 Å². The van der Waals surface area contributed by atoms with Gasteiger partial charge >= 0.3 is 5.97 Å². The van der Waals surface area contributed by atoms with Gasteiger partial charge in [0.25, 0.3) is 5.69 Å². The lowest BCUT2D eigenvalue weighted by Gasteiger charge is -2.07. The quantitative estimate of drug-likeness (QED) is 0.364. The third-order valence-corrected chi connectivity index (χ3v) is 2.10. The molecule has 0 aliphatic heterocycles. The number of nitrogens with zero attached hydrogens (tertiary/aromatic N) is 1. The summed E-state index contributed by atoms with van der Waals surface area (Å²) in [6.07, 6.45) is 0. The number of ether oxygens (including phenoxy) is 1. The molecule has 0 saturated heterocycles. The summed E-state index contributed by atoms with van der Waals surface area (Å²) < 4.78 is 4.74. The molecule has 6 heteroatoms. The number of carbonyl (C=O) groups is 1. The fourth-order valence-electron chi connectivity index (χ4n) is 1.35. The van der Waals surface area contributed by atoms with Gasteiger partial charge in [-0.2, -0.15) is 0 Å². The van der Waals surface area contributed by atoms with Crippen LogP contribution in [0.4, 0.5) is 11.4 Å². The van der Waals surface area contributed by atoms with Crippen LogP contribution in [-0.4, -0.2) is 17.5 Å². The Morgan fingerprint density at radius 3 is 2.69 bits per heavy atom. The van der Waals surface area contributed by atoms with Crippen molar-refractivity contribution in [1.82, 2.24) is 0 Å². The first kappa shape index (κ1) is 12.0. The predicted octanol–water partition coefficient (Wildman–Crippen LogP) is 1.66. The van der Waals surface area contributed by atoms with E-state index in [0.29, 0.717) is 5.56 Å². The molecule has 1 rings (SSSR count). The van der Waals surface area contributed by atoms with Gasteiger partial charge in [0.1, 0.15) is 5.69 Å². The number of carbonyl (C=O) groups excluding carboxylic acids is 1. The van der Waals surface area contributed by atoms with E-state index in [9.17, 15) is 14.9 Å². The molecule has 0 amide bonds.